The third-order valence-electron chi connectivity index (χ3n) is 3.17. The Bertz CT molecular complexity index is 406. The van der Waals surface area contributed by atoms with Crippen molar-refractivity contribution in [3.8, 4) is 0 Å². The third-order valence-corrected chi connectivity index (χ3v) is 3.17. The van der Waals surface area contributed by atoms with Gasteiger partial charge in [-0.05, 0) is 24.5 Å². The van der Waals surface area contributed by atoms with Crippen molar-refractivity contribution in [2.45, 2.75) is 32.2 Å². The molecule has 1 aliphatic rings. The van der Waals surface area contributed by atoms with Gasteiger partial charge < -0.3 is 16.0 Å². The van der Waals surface area contributed by atoms with E-state index in [9.17, 15) is 4.79 Å². The van der Waals surface area contributed by atoms with Crippen molar-refractivity contribution in [1.82, 2.24) is 10.6 Å². The maximum Gasteiger partial charge on any atom is 0.315 e. The highest BCUT2D eigenvalue weighted by Crippen LogP contribution is 2.20. The second-order valence-corrected chi connectivity index (χ2v) is 4.69. The molecule has 0 saturated heterocycles. The lowest BCUT2D eigenvalue weighted by Crippen LogP contribution is -2.47. The van der Waals surface area contributed by atoms with Gasteiger partial charge in [0.15, 0.2) is 0 Å². The molecule has 1 aromatic rings. The fraction of sp³-hybridized carbons (Fsp3) is 0.500. The molecule has 1 aliphatic heterocycles. The molecule has 98 valence electrons. The van der Waals surface area contributed by atoms with E-state index in [4.69, 9.17) is 0 Å². The standard InChI is InChI=1S/C14H21N3O/c1-2-3-8-15-14(18)17-12-9-11-6-4-5-7-13(11)16-10-12/h4-7,12,16H,2-3,8-10H2,1H3,(H2,15,17,18). The van der Waals surface area contributed by atoms with Crippen molar-refractivity contribution in [1.29, 1.82) is 0 Å². The van der Waals surface area contributed by atoms with E-state index in [-0.39, 0.29) is 12.1 Å². The van der Waals surface area contributed by atoms with E-state index < -0.39 is 0 Å². The van der Waals surface area contributed by atoms with Crippen LogP contribution in [0.5, 0.6) is 0 Å². The fourth-order valence-corrected chi connectivity index (χ4v) is 2.16. The summed E-state index contributed by atoms with van der Waals surface area (Å²) in [6.07, 6.45) is 3.02. The quantitative estimate of drug-likeness (QED) is 0.714. The Morgan fingerprint density at radius 3 is 3.11 bits per heavy atom. The van der Waals surface area contributed by atoms with Crippen LogP contribution in [0.1, 0.15) is 25.3 Å². The number of anilines is 1. The van der Waals surface area contributed by atoms with Gasteiger partial charge in [0.25, 0.3) is 0 Å². The Hall–Kier alpha value is -1.71. The second-order valence-electron chi connectivity index (χ2n) is 4.69. The largest absolute Gasteiger partial charge is 0.383 e. The number of nitrogens with one attached hydrogen (secondary N) is 3. The van der Waals surface area contributed by atoms with Gasteiger partial charge in [-0.25, -0.2) is 4.79 Å². The minimum atomic E-state index is -0.0605. The Morgan fingerprint density at radius 1 is 1.44 bits per heavy atom. The molecule has 1 atom stereocenters. The predicted octanol–water partition coefficient (Wildman–Crippen LogP) is 2.12. The molecule has 0 aliphatic carbocycles. The molecule has 18 heavy (non-hydrogen) atoms. The number of hydrogen-bond acceptors (Lipinski definition) is 2. The molecule has 2 rings (SSSR count). The van der Waals surface area contributed by atoms with Crippen LogP contribution in [0.3, 0.4) is 0 Å². The maximum absolute atomic E-state index is 11.6. The summed E-state index contributed by atoms with van der Waals surface area (Å²) in [6.45, 7) is 3.65. The Morgan fingerprint density at radius 2 is 2.28 bits per heavy atom. The van der Waals surface area contributed by atoms with Gasteiger partial charge in [0, 0.05) is 18.8 Å². The highest BCUT2D eigenvalue weighted by Gasteiger charge is 2.18. The third kappa shape index (κ3) is 3.39. The first-order valence-electron chi connectivity index (χ1n) is 6.65. The molecule has 0 fully saturated rings. The first-order chi connectivity index (χ1) is 8.79. The minimum absolute atomic E-state index is 0.0605. The smallest absolute Gasteiger partial charge is 0.315 e. The van der Waals surface area contributed by atoms with Crippen molar-refractivity contribution in [2.75, 3.05) is 18.4 Å². The highest BCUT2D eigenvalue weighted by atomic mass is 16.2. The van der Waals surface area contributed by atoms with Crippen LogP contribution in [0, 0.1) is 0 Å². The average Bonchev–Trinajstić information content (AvgIpc) is 2.39. The van der Waals surface area contributed by atoms with Crippen LogP contribution in [0.2, 0.25) is 0 Å². The summed E-state index contributed by atoms with van der Waals surface area (Å²) in [7, 11) is 0. The first kappa shape index (κ1) is 12.7. The molecular weight excluding hydrogens is 226 g/mol. The molecule has 0 spiro atoms. The number of unbranched alkanes of at least 4 members (excludes halogenated alkanes) is 1. The van der Waals surface area contributed by atoms with E-state index in [2.05, 4.69) is 35.0 Å². The molecule has 0 aromatic heterocycles. The van der Waals surface area contributed by atoms with Crippen molar-refractivity contribution in [2.24, 2.45) is 0 Å². The van der Waals surface area contributed by atoms with Gasteiger partial charge in [-0.2, -0.15) is 0 Å². The average molecular weight is 247 g/mol. The van der Waals surface area contributed by atoms with Crippen molar-refractivity contribution in [3.63, 3.8) is 0 Å². The molecule has 1 unspecified atom stereocenters. The zero-order chi connectivity index (χ0) is 12.8. The van der Waals surface area contributed by atoms with E-state index in [0.29, 0.717) is 0 Å². The number of carbonyl (C=O) groups is 1. The first-order valence-corrected chi connectivity index (χ1v) is 6.65. The van der Waals surface area contributed by atoms with Gasteiger partial charge in [-0.1, -0.05) is 31.5 Å². The molecule has 1 aromatic carbocycles. The zero-order valence-electron chi connectivity index (χ0n) is 10.8. The summed E-state index contributed by atoms with van der Waals surface area (Å²) in [6, 6.07) is 8.34. The number of hydrogen-bond donors (Lipinski definition) is 3. The summed E-state index contributed by atoms with van der Waals surface area (Å²) in [5, 5.41) is 9.23. The molecule has 3 N–H and O–H groups in total. The Balaban J connectivity index is 1.80. The topological polar surface area (TPSA) is 53.2 Å². The van der Waals surface area contributed by atoms with Gasteiger partial charge in [0.05, 0.1) is 6.04 Å². The van der Waals surface area contributed by atoms with Crippen LogP contribution in [-0.2, 0) is 6.42 Å². The van der Waals surface area contributed by atoms with Gasteiger partial charge in [0.1, 0.15) is 0 Å². The summed E-state index contributed by atoms with van der Waals surface area (Å²) in [5.74, 6) is 0. The van der Waals surface area contributed by atoms with Crippen molar-refractivity contribution in [3.05, 3.63) is 29.8 Å². The molecular formula is C14H21N3O. The lowest BCUT2D eigenvalue weighted by Gasteiger charge is -2.26. The number of benzene rings is 1. The normalized spacial score (nSPS) is 17.5. The van der Waals surface area contributed by atoms with Crippen LogP contribution in [0.15, 0.2) is 24.3 Å². The van der Waals surface area contributed by atoms with Crippen LogP contribution in [0.4, 0.5) is 10.5 Å². The molecule has 4 heteroatoms. The van der Waals surface area contributed by atoms with Gasteiger partial charge >= 0.3 is 6.03 Å². The highest BCUT2D eigenvalue weighted by molar-refractivity contribution is 5.74. The van der Waals surface area contributed by atoms with Crippen molar-refractivity contribution < 1.29 is 4.79 Å². The molecule has 0 saturated carbocycles. The van der Waals surface area contributed by atoms with E-state index >= 15 is 0 Å². The molecule has 4 nitrogen and oxygen atoms in total. The molecule has 0 radical (unpaired) electrons. The Kier molecular flexibility index (Phi) is 4.45. The lowest BCUT2D eigenvalue weighted by molar-refractivity contribution is 0.237. The molecule has 0 bridgehead atoms. The van der Waals surface area contributed by atoms with E-state index in [1.54, 1.807) is 0 Å². The van der Waals surface area contributed by atoms with Gasteiger partial charge in [-0.3, -0.25) is 0 Å². The zero-order valence-corrected chi connectivity index (χ0v) is 10.8. The molecule has 2 amide bonds. The number of carbonyl (C=O) groups excluding carboxylic acids is 1. The van der Waals surface area contributed by atoms with Crippen LogP contribution in [-0.4, -0.2) is 25.2 Å². The summed E-state index contributed by atoms with van der Waals surface area (Å²) >= 11 is 0. The predicted molar refractivity (Wildman–Crippen MR) is 73.9 cm³/mol. The number of para-hydroxylation sites is 1. The SMILES string of the molecule is CCCCNC(=O)NC1CNc2ccccc2C1. The van der Waals surface area contributed by atoms with E-state index in [1.165, 1.54) is 11.3 Å². The Labute approximate surface area is 108 Å². The summed E-state index contributed by atoms with van der Waals surface area (Å²) in [4.78, 5) is 11.6. The molecule has 1 heterocycles. The summed E-state index contributed by atoms with van der Waals surface area (Å²) < 4.78 is 0. The summed E-state index contributed by atoms with van der Waals surface area (Å²) in [5.41, 5.74) is 2.45. The fourth-order valence-electron chi connectivity index (χ4n) is 2.16. The minimum Gasteiger partial charge on any atom is -0.383 e. The number of rotatable bonds is 4. The van der Waals surface area contributed by atoms with Crippen LogP contribution < -0.4 is 16.0 Å². The lowest BCUT2D eigenvalue weighted by atomic mass is 10.00. The van der Waals surface area contributed by atoms with Gasteiger partial charge in [0.2, 0.25) is 0 Å². The van der Waals surface area contributed by atoms with E-state index in [0.717, 1.165) is 32.4 Å². The maximum atomic E-state index is 11.6. The van der Waals surface area contributed by atoms with Crippen LogP contribution >= 0.6 is 0 Å². The van der Waals surface area contributed by atoms with Gasteiger partial charge in [-0.15, -0.1) is 0 Å². The van der Waals surface area contributed by atoms with Crippen molar-refractivity contribution >= 4 is 11.7 Å². The van der Waals surface area contributed by atoms with Crippen LogP contribution in [0.25, 0.3) is 0 Å². The van der Waals surface area contributed by atoms with E-state index in [1.807, 2.05) is 12.1 Å². The number of fused-ring (bicyclic) bond motifs is 1. The number of urea groups is 1. The number of amides is 2. The monoisotopic (exact) mass is 247 g/mol. The second kappa shape index (κ2) is 6.28.